The van der Waals surface area contributed by atoms with Crippen LogP contribution in [-0.4, -0.2) is 25.7 Å². The number of nitrogens with one attached hydrogen (secondary N) is 1. The first-order valence-electron chi connectivity index (χ1n) is 6.18. The molecule has 0 bridgehead atoms. The van der Waals surface area contributed by atoms with E-state index < -0.39 is 23.2 Å². The molecule has 3 rings (SSSR count). The van der Waals surface area contributed by atoms with Gasteiger partial charge in [-0.15, -0.1) is 0 Å². The van der Waals surface area contributed by atoms with E-state index in [1.54, 1.807) is 26.0 Å². The van der Waals surface area contributed by atoms with Crippen molar-refractivity contribution >= 4 is 40.3 Å². The molecule has 1 amide bonds. The Morgan fingerprint density at radius 1 is 1.30 bits per heavy atom. The molecule has 1 fully saturated rings. The van der Waals surface area contributed by atoms with Crippen LogP contribution in [0.25, 0.3) is 11.0 Å². The molecule has 104 valence electrons. The fourth-order valence-electron chi connectivity index (χ4n) is 2.71. The minimum atomic E-state index is -0.927. The first kappa shape index (κ1) is 13.0. The molecular weight excluding hydrogens is 278 g/mol. The van der Waals surface area contributed by atoms with Crippen LogP contribution in [0.1, 0.15) is 13.8 Å². The van der Waals surface area contributed by atoms with Gasteiger partial charge in [0.1, 0.15) is 11.0 Å². The topological polar surface area (TPSA) is 92.2 Å². The van der Waals surface area contributed by atoms with Crippen LogP contribution in [0, 0.1) is 17.3 Å². The highest BCUT2D eigenvalue weighted by Crippen LogP contribution is 2.58. The third-order valence-corrected chi connectivity index (χ3v) is 4.46. The Morgan fingerprint density at radius 2 is 2.05 bits per heavy atom. The van der Waals surface area contributed by atoms with Crippen molar-refractivity contribution in [2.45, 2.75) is 13.8 Å². The lowest BCUT2D eigenvalue weighted by molar-refractivity contribution is -0.140. The molecule has 1 aliphatic rings. The van der Waals surface area contributed by atoms with Crippen LogP contribution in [0.3, 0.4) is 0 Å². The van der Waals surface area contributed by atoms with Gasteiger partial charge < -0.3 is 10.4 Å². The molecule has 2 atom stereocenters. The van der Waals surface area contributed by atoms with E-state index in [4.69, 9.17) is 5.11 Å². The van der Waals surface area contributed by atoms with Gasteiger partial charge in [0.2, 0.25) is 5.91 Å². The van der Waals surface area contributed by atoms with E-state index in [1.807, 2.05) is 6.07 Å². The molecule has 0 aliphatic heterocycles. The molecule has 1 aromatic carbocycles. The summed E-state index contributed by atoms with van der Waals surface area (Å²) >= 11 is 1.08. The molecule has 1 heterocycles. The molecule has 1 saturated carbocycles. The summed E-state index contributed by atoms with van der Waals surface area (Å²) in [6.07, 6.45) is 0. The Bertz CT molecular complexity index is 710. The minimum absolute atomic E-state index is 0.275. The van der Waals surface area contributed by atoms with Crippen LogP contribution in [0.15, 0.2) is 18.2 Å². The first-order chi connectivity index (χ1) is 9.43. The second-order valence-electron chi connectivity index (χ2n) is 5.54. The number of benzene rings is 1. The summed E-state index contributed by atoms with van der Waals surface area (Å²) in [7, 11) is 0. The number of hydrogen-bond donors (Lipinski definition) is 2. The average molecular weight is 291 g/mol. The van der Waals surface area contributed by atoms with E-state index in [-0.39, 0.29) is 5.91 Å². The van der Waals surface area contributed by atoms with Gasteiger partial charge in [-0.2, -0.15) is 8.75 Å². The largest absolute Gasteiger partial charge is 0.481 e. The first-order valence-corrected chi connectivity index (χ1v) is 6.91. The number of anilines is 1. The maximum Gasteiger partial charge on any atom is 0.307 e. The van der Waals surface area contributed by atoms with Gasteiger partial charge in [-0.1, -0.05) is 19.9 Å². The predicted molar refractivity (Wildman–Crippen MR) is 74.4 cm³/mol. The van der Waals surface area contributed by atoms with E-state index in [2.05, 4.69) is 14.1 Å². The zero-order valence-corrected chi connectivity index (χ0v) is 11.8. The number of amides is 1. The summed E-state index contributed by atoms with van der Waals surface area (Å²) in [4.78, 5) is 23.4. The Balaban J connectivity index is 1.84. The Kier molecular flexibility index (Phi) is 2.75. The van der Waals surface area contributed by atoms with Gasteiger partial charge in [0.25, 0.3) is 0 Å². The van der Waals surface area contributed by atoms with E-state index in [0.717, 1.165) is 17.2 Å². The highest BCUT2D eigenvalue weighted by molar-refractivity contribution is 7.00. The van der Waals surface area contributed by atoms with Crippen molar-refractivity contribution in [2.24, 2.45) is 17.3 Å². The van der Waals surface area contributed by atoms with Crippen molar-refractivity contribution in [1.29, 1.82) is 0 Å². The number of carboxylic acid groups (broad SMARTS) is 1. The summed E-state index contributed by atoms with van der Waals surface area (Å²) in [6, 6.07) is 5.34. The normalized spacial score (nSPS) is 23.5. The van der Waals surface area contributed by atoms with E-state index in [1.165, 1.54) is 0 Å². The number of aromatic nitrogens is 2. The van der Waals surface area contributed by atoms with Crippen molar-refractivity contribution in [1.82, 2.24) is 8.75 Å². The second kappa shape index (κ2) is 4.24. The van der Waals surface area contributed by atoms with Crippen molar-refractivity contribution < 1.29 is 14.7 Å². The molecule has 1 aromatic heterocycles. The van der Waals surface area contributed by atoms with Crippen molar-refractivity contribution in [3.63, 3.8) is 0 Å². The Morgan fingerprint density at radius 3 is 2.70 bits per heavy atom. The number of nitrogens with zero attached hydrogens (tertiary/aromatic N) is 2. The van der Waals surface area contributed by atoms with Crippen molar-refractivity contribution in [3.05, 3.63) is 18.2 Å². The molecule has 0 saturated heterocycles. The molecule has 6 nitrogen and oxygen atoms in total. The smallest absolute Gasteiger partial charge is 0.307 e. The van der Waals surface area contributed by atoms with Crippen LogP contribution in [0.4, 0.5) is 5.69 Å². The number of carbonyl (C=O) groups excluding carboxylic acids is 1. The lowest BCUT2D eigenvalue weighted by atomic mass is 10.1. The maximum absolute atomic E-state index is 12.3. The summed E-state index contributed by atoms with van der Waals surface area (Å²) in [6.45, 7) is 3.59. The Hall–Kier alpha value is -2.02. The molecule has 1 aliphatic carbocycles. The zero-order valence-electron chi connectivity index (χ0n) is 11.0. The summed E-state index contributed by atoms with van der Waals surface area (Å²) in [5, 5.41) is 11.9. The number of hydrogen-bond acceptors (Lipinski definition) is 5. The lowest BCUT2D eigenvalue weighted by Gasteiger charge is -2.06. The fourth-order valence-corrected chi connectivity index (χ4v) is 3.26. The SMILES string of the molecule is CC1(C)[C@H](C(=O)Nc2cccc3nsnc23)[C@@H]1C(=O)O. The third kappa shape index (κ3) is 1.85. The summed E-state index contributed by atoms with van der Waals surface area (Å²) < 4.78 is 8.25. The average Bonchev–Trinajstić information content (AvgIpc) is 2.73. The fraction of sp³-hybridized carbons (Fsp3) is 0.385. The molecule has 0 radical (unpaired) electrons. The summed E-state index contributed by atoms with van der Waals surface area (Å²) in [5.41, 5.74) is 1.42. The van der Waals surface area contributed by atoms with Crippen LogP contribution < -0.4 is 5.32 Å². The highest BCUT2D eigenvalue weighted by atomic mass is 32.1. The van der Waals surface area contributed by atoms with Gasteiger partial charge in [-0.05, 0) is 17.5 Å². The zero-order chi connectivity index (χ0) is 14.5. The molecule has 0 unspecified atom stereocenters. The van der Waals surface area contributed by atoms with Crippen molar-refractivity contribution in [3.8, 4) is 0 Å². The van der Waals surface area contributed by atoms with Gasteiger partial charge in [-0.3, -0.25) is 9.59 Å². The molecule has 0 spiro atoms. The lowest BCUT2D eigenvalue weighted by Crippen LogP contribution is -2.17. The molecule has 20 heavy (non-hydrogen) atoms. The maximum atomic E-state index is 12.3. The van der Waals surface area contributed by atoms with Crippen molar-refractivity contribution in [2.75, 3.05) is 5.32 Å². The molecule has 7 heteroatoms. The predicted octanol–water partition coefficient (Wildman–Crippen LogP) is 1.99. The van der Waals surface area contributed by atoms with E-state index >= 15 is 0 Å². The van der Waals surface area contributed by atoms with Crippen LogP contribution in [0.5, 0.6) is 0 Å². The van der Waals surface area contributed by atoms with E-state index in [0.29, 0.717) is 11.2 Å². The van der Waals surface area contributed by atoms with Gasteiger partial charge in [-0.25, -0.2) is 0 Å². The standard InChI is InChI=1S/C13H13N3O3S/c1-13(2)8(9(13)12(18)19)11(17)14-6-4-3-5-7-10(6)16-20-15-7/h3-5,8-9H,1-2H3,(H,14,17)(H,18,19)/t8-,9+/m0/s1. The number of carboxylic acids is 1. The van der Waals surface area contributed by atoms with Crippen LogP contribution in [0.2, 0.25) is 0 Å². The number of aliphatic carboxylic acids is 1. The third-order valence-electron chi connectivity index (χ3n) is 3.92. The number of fused-ring (bicyclic) bond motifs is 1. The van der Waals surface area contributed by atoms with Crippen LogP contribution in [-0.2, 0) is 9.59 Å². The minimum Gasteiger partial charge on any atom is -0.481 e. The molecule has 2 N–H and O–H groups in total. The molecule has 2 aromatic rings. The highest BCUT2D eigenvalue weighted by Gasteiger charge is 2.65. The Labute approximate surface area is 119 Å². The van der Waals surface area contributed by atoms with Gasteiger partial charge >= 0.3 is 5.97 Å². The van der Waals surface area contributed by atoms with Crippen LogP contribution >= 0.6 is 11.7 Å². The monoisotopic (exact) mass is 291 g/mol. The van der Waals surface area contributed by atoms with Gasteiger partial charge in [0, 0.05) is 0 Å². The second-order valence-corrected chi connectivity index (χ2v) is 6.07. The quantitative estimate of drug-likeness (QED) is 0.902. The van der Waals surface area contributed by atoms with Gasteiger partial charge in [0.05, 0.1) is 29.3 Å². The van der Waals surface area contributed by atoms with E-state index in [9.17, 15) is 9.59 Å². The molecular formula is C13H13N3O3S. The van der Waals surface area contributed by atoms with Gasteiger partial charge in [0.15, 0.2) is 0 Å². The number of rotatable bonds is 3. The summed E-state index contributed by atoms with van der Waals surface area (Å²) in [5.74, 6) is -2.34. The number of carbonyl (C=O) groups is 2.